The van der Waals surface area contributed by atoms with E-state index >= 15 is 0 Å². The standard InChI is InChI=1S/C14H14BFO4/c1-19-11-7-8-12(14(16)13(11)15(17)18)20-9-10-5-3-2-4-6-10/h2-8,17-18H,9H2,1H3. The second kappa shape index (κ2) is 6.41. The second-order valence-corrected chi connectivity index (χ2v) is 4.14. The van der Waals surface area contributed by atoms with Gasteiger partial charge in [-0.05, 0) is 17.7 Å². The molecule has 2 aromatic carbocycles. The average molecular weight is 276 g/mol. The lowest BCUT2D eigenvalue weighted by Gasteiger charge is -2.13. The first-order valence-corrected chi connectivity index (χ1v) is 6.02. The van der Waals surface area contributed by atoms with Crippen molar-refractivity contribution in [2.24, 2.45) is 0 Å². The fraction of sp³-hybridized carbons (Fsp3) is 0.143. The van der Waals surface area contributed by atoms with Crippen LogP contribution in [0.5, 0.6) is 11.5 Å². The Morgan fingerprint density at radius 1 is 1.05 bits per heavy atom. The quantitative estimate of drug-likeness (QED) is 0.803. The number of hydrogen-bond donors (Lipinski definition) is 2. The van der Waals surface area contributed by atoms with Gasteiger partial charge in [-0.15, -0.1) is 0 Å². The summed E-state index contributed by atoms with van der Waals surface area (Å²) in [7, 11) is -0.643. The lowest BCUT2D eigenvalue weighted by Crippen LogP contribution is -2.34. The van der Waals surface area contributed by atoms with E-state index in [1.54, 1.807) is 0 Å². The van der Waals surface area contributed by atoms with E-state index in [1.807, 2.05) is 30.3 Å². The molecular formula is C14H14BFO4. The summed E-state index contributed by atoms with van der Waals surface area (Å²) in [5.41, 5.74) is 0.548. The van der Waals surface area contributed by atoms with E-state index in [-0.39, 0.29) is 23.6 Å². The molecule has 0 aliphatic rings. The maximum atomic E-state index is 14.1. The summed E-state index contributed by atoms with van der Waals surface area (Å²) in [6.07, 6.45) is 0. The van der Waals surface area contributed by atoms with Crippen LogP contribution >= 0.6 is 0 Å². The van der Waals surface area contributed by atoms with Crippen LogP contribution in [0.25, 0.3) is 0 Å². The molecule has 0 fully saturated rings. The Bertz CT molecular complexity index is 575. The van der Waals surface area contributed by atoms with Crippen LogP contribution in [0, 0.1) is 5.82 Å². The van der Waals surface area contributed by atoms with E-state index in [4.69, 9.17) is 9.47 Å². The molecule has 0 aliphatic carbocycles. The first-order valence-electron chi connectivity index (χ1n) is 6.02. The minimum atomic E-state index is -1.97. The number of ether oxygens (including phenoxy) is 2. The van der Waals surface area contributed by atoms with Crippen molar-refractivity contribution >= 4 is 12.6 Å². The van der Waals surface area contributed by atoms with E-state index in [2.05, 4.69) is 0 Å². The third-order valence-electron chi connectivity index (χ3n) is 2.82. The molecule has 0 aromatic heterocycles. The Labute approximate surface area is 116 Å². The van der Waals surface area contributed by atoms with Crippen LogP contribution in [-0.2, 0) is 6.61 Å². The predicted molar refractivity (Wildman–Crippen MR) is 73.6 cm³/mol. The molecule has 0 radical (unpaired) electrons. The van der Waals surface area contributed by atoms with Crippen LogP contribution in [0.3, 0.4) is 0 Å². The summed E-state index contributed by atoms with van der Waals surface area (Å²) in [6.45, 7) is 0.186. The van der Waals surface area contributed by atoms with Crippen molar-refractivity contribution < 1.29 is 23.9 Å². The summed E-state index contributed by atoms with van der Waals surface area (Å²) in [4.78, 5) is 0. The van der Waals surface area contributed by atoms with Crippen LogP contribution in [0.4, 0.5) is 4.39 Å². The lowest BCUT2D eigenvalue weighted by atomic mass is 9.79. The summed E-state index contributed by atoms with van der Waals surface area (Å²) < 4.78 is 24.4. The van der Waals surface area contributed by atoms with Gasteiger partial charge in [0, 0.05) is 0 Å². The summed E-state index contributed by atoms with van der Waals surface area (Å²) >= 11 is 0. The van der Waals surface area contributed by atoms with E-state index < -0.39 is 12.9 Å². The minimum Gasteiger partial charge on any atom is -0.497 e. The van der Waals surface area contributed by atoms with Gasteiger partial charge in [-0.25, -0.2) is 4.39 Å². The Balaban J connectivity index is 2.22. The molecule has 104 valence electrons. The molecule has 6 heteroatoms. The highest BCUT2D eigenvalue weighted by molar-refractivity contribution is 6.60. The van der Waals surface area contributed by atoms with Crippen molar-refractivity contribution in [3.05, 3.63) is 53.8 Å². The highest BCUT2D eigenvalue weighted by atomic mass is 19.1. The molecule has 2 rings (SSSR count). The summed E-state index contributed by atoms with van der Waals surface area (Å²) in [5.74, 6) is -0.836. The smallest absolute Gasteiger partial charge is 0.495 e. The SMILES string of the molecule is COc1ccc(OCc2ccccc2)c(F)c1B(O)O. The van der Waals surface area contributed by atoms with Crippen LogP contribution in [0.2, 0.25) is 0 Å². The molecule has 2 aromatic rings. The highest BCUT2D eigenvalue weighted by Crippen LogP contribution is 2.22. The first-order chi connectivity index (χ1) is 9.63. The maximum absolute atomic E-state index is 14.1. The van der Waals surface area contributed by atoms with Crippen molar-refractivity contribution in [1.82, 2.24) is 0 Å². The van der Waals surface area contributed by atoms with Gasteiger partial charge in [0.1, 0.15) is 12.4 Å². The molecule has 20 heavy (non-hydrogen) atoms. The van der Waals surface area contributed by atoms with Crippen molar-refractivity contribution in [2.75, 3.05) is 7.11 Å². The predicted octanol–water partition coefficient (Wildman–Crippen LogP) is 1.09. The monoisotopic (exact) mass is 276 g/mol. The number of hydrogen-bond acceptors (Lipinski definition) is 4. The number of benzene rings is 2. The zero-order valence-electron chi connectivity index (χ0n) is 10.9. The van der Waals surface area contributed by atoms with Gasteiger partial charge < -0.3 is 19.5 Å². The van der Waals surface area contributed by atoms with Gasteiger partial charge in [-0.1, -0.05) is 30.3 Å². The lowest BCUT2D eigenvalue weighted by molar-refractivity contribution is 0.289. The van der Waals surface area contributed by atoms with Crippen molar-refractivity contribution in [1.29, 1.82) is 0 Å². The molecule has 0 atom stereocenters. The average Bonchev–Trinajstić information content (AvgIpc) is 2.46. The minimum absolute atomic E-state index is 0.0576. The molecule has 0 heterocycles. The van der Waals surface area contributed by atoms with E-state index in [0.29, 0.717) is 0 Å². The Morgan fingerprint density at radius 3 is 2.30 bits per heavy atom. The van der Waals surface area contributed by atoms with Gasteiger partial charge in [0.15, 0.2) is 11.6 Å². The fourth-order valence-electron chi connectivity index (χ4n) is 1.82. The molecular weight excluding hydrogens is 262 g/mol. The Hall–Kier alpha value is -2.05. The molecule has 0 bridgehead atoms. The molecule has 2 N–H and O–H groups in total. The van der Waals surface area contributed by atoms with Crippen LogP contribution in [-0.4, -0.2) is 24.3 Å². The van der Waals surface area contributed by atoms with Gasteiger partial charge in [-0.2, -0.15) is 0 Å². The maximum Gasteiger partial charge on any atom is 0.495 e. The van der Waals surface area contributed by atoms with Crippen molar-refractivity contribution in [2.45, 2.75) is 6.61 Å². The number of methoxy groups -OCH3 is 1. The van der Waals surface area contributed by atoms with Gasteiger partial charge in [0.05, 0.1) is 12.6 Å². The van der Waals surface area contributed by atoms with Gasteiger partial charge in [0.25, 0.3) is 0 Å². The second-order valence-electron chi connectivity index (χ2n) is 4.14. The third kappa shape index (κ3) is 3.09. The zero-order chi connectivity index (χ0) is 14.5. The molecule has 0 unspecified atom stereocenters. The van der Waals surface area contributed by atoms with Crippen molar-refractivity contribution in [3.8, 4) is 11.5 Å². The molecule has 0 saturated heterocycles. The van der Waals surface area contributed by atoms with E-state index in [9.17, 15) is 14.4 Å². The normalized spacial score (nSPS) is 10.2. The molecule has 0 amide bonds. The van der Waals surface area contributed by atoms with Crippen molar-refractivity contribution in [3.63, 3.8) is 0 Å². The van der Waals surface area contributed by atoms with E-state index in [1.165, 1.54) is 19.2 Å². The molecule has 0 saturated carbocycles. The highest BCUT2D eigenvalue weighted by Gasteiger charge is 2.25. The molecule has 4 nitrogen and oxygen atoms in total. The summed E-state index contributed by atoms with van der Waals surface area (Å²) in [6, 6.07) is 12.1. The van der Waals surface area contributed by atoms with Crippen LogP contribution < -0.4 is 14.9 Å². The van der Waals surface area contributed by atoms with E-state index in [0.717, 1.165) is 5.56 Å². The number of rotatable bonds is 5. The largest absolute Gasteiger partial charge is 0.497 e. The van der Waals surface area contributed by atoms with Gasteiger partial charge >= 0.3 is 7.12 Å². The van der Waals surface area contributed by atoms with Gasteiger partial charge in [-0.3, -0.25) is 0 Å². The topological polar surface area (TPSA) is 58.9 Å². The fourth-order valence-corrected chi connectivity index (χ4v) is 1.82. The van der Waals surface area contributed by atoms with Gasteiger partial charge in [0.2, 0.25) is 0 Å². The Morgan fingerprint density at radius 2 is 1.70 bits per heavy atom. The first kappa shape index (κ1) is 14.4. The zero-order valence-corrected chi connectivity index (χ0v) is 10.9. The molecule has 0 spiro atoms. The van der Waals surface area contributed by atoms with Crippen LogP contribution in [0.15, 0.2) is 42.5 Å². The molecule has 0 aliphatic heterocycles. The Kier molecular flexibility index (Phi) is 4.60. The summed E-state index contributed by atoms with van der Waals surface area (Å²) in [5, 5.41) is 18.4. The third-order valence-corrected chi connectivity index (χ3v) is 2.82. The number of halogens is 1. The van der Waals surface area contributed by atoms with Crippen LogP contribution in [0.1, 0.15) is 5.56 Å².